The van der Waals surface area contributed by atoms with Gasteiger partial charge in [0.2, 0.25) is 5.91 Å². The average molecular weight is 421 g/mol. The predicted octanol–water partition coefficient (Wildman–Crippen LogP) is 5.22. The first kappa shape index (κ1) is 21.1. The molecule has 0 radical (unpaired) electrons. The monoisotopic (exact) mass is 420 g/mol. The summed E-state index contributed by atoms with van der Waals surface area (Å²) in [6.45, 7) is 1.67. The molecule has 3 rings (SSSR count). The van der Waals surface area contributed by atoms with Gasteiger partial charge in [0.1, 0.15) is 0 Å². The second-order valence-corrected chi connectivity index (χ2v) is 6.97. The topological polar surface area (TPSA) is 82.6 Å². The fourth-order valence-corrected chi connectivity index (χ4v) is 2.88. The second kappa shape index (κ2) is 10.2. The van der Waals surface area contributed by atoms with E-state index >= 15 is 0 Å². The van der Waals surface area contributed by atoms with Gasteiger partial charge in [0, 0.05) is 22.8 Å². The molecule has 6 nitrogen and oxygen atoms in total. The molecule has 0 spiro atoms. The Labute approximate surface area is 180 Å². The number of para-hydroxylation sites is 1. The number of anilines is 3. The molecule has 30 heavy (non-hydrogen) atoms. The zero-order chi connectivity index (χ0) is 21.3. The van der Waals surface area contributed by atoms with Crippen molar-refractivity contribution >= 4 is 46.2 Å². The summed E-state index contributed by atoms with van der Waals surface area (Å²) in [4.78, 5) is 24.3. The van der Waals surface area contributed by atoms with E-state index < -0.39 is 5.91 Å². The van der Waals surface area contributed by atoms with Crippen LogP contribution in [-0.2, 0) is 4.79 Å². The number of amides is 2. The smallest absolute Gasteiger partial charge is 0.272 e. The number of carbonyl (C=O) groups excluding carboxylic acids is 2. The average Bonchev–Trinajstić information content (AvgIpc) is 2.74. The molecule has 7 heteroatoms. The third kappa shape index (κ3) is 6.18. The van der Waals surface area contributed by atoms with Crippen molar-refractivity contribution in [1.82, 2.24) is 5.43 Å². The van der Waals surface area contributed by atoms with Crippen LogP contribution in [-0.4, -0.2) is 17.5 Å². The first-order valence-electron chi connectivity index (χ1n) is 9.31. The molecule has 3 aromatic rings. The lowest BCUT2D eigenvalue weighted by molar-refractivity contribution is -0.115. The number of benzene rings is 3. The molecule has 0 heterocycles. The number of nitrogens with zero attached hydrogens (tertiary/aromatic N) is 1. The molecule has 0 atom stereocenters. The van der Waals surface area contributed by atoms with Gasteiger partial charge in [-0.15, -0.1) is 0 Å². The van der Waals surface area contributed by atoms with Crippen LogP contribution in [0.4, 0.5) is 17.1 Å². The Morgan fingerprint density at radius 3 is 2.13 bits per heavy atom. The van der Waals surface area contributed by atoms with Gasteiger partial charge in [-0.25, -0.2) is 5.43 Å². The van der Waals surface area contributed by atoms with Gasteiger partial charge < -0.3 is 10.6 Å². The van der Waals surface area contributed by atoms with Crippen LogP contribution in [0.2, 0.25) is 5.02 Å². The van der Waals surface area contributed by atoms with Crippen LogP contribution in [0, 0.1) is 0 Å². The van der Waals surface area contributed by atoms with Crippen LogP contribution in [0.5, 0.6) is 0 Å². The Morgan fingerprint density at radius 2 is 1.43 bits per heavy atom. The Hall–Kier alpha value is -3.64. The lowest BCUT2D eigenvalue weighted by atomic mass is 10.2. The second-order valence-electron chi connectivity index (χ2n) is 6.56. The van der Waals surface area contributed by atoms with E-state index in [9.17, 15) is 9.59 Å². The summed E-state index contributed by atoms with van der Waals surface area (Å²) in [6, 6.07) is 23.9. The van der Waals surface area contributed by atoms with Crippen molar-refractivity contribution in [2.75, 3.05) is 10.6 Å². The molecule has 0 fully saturated rings. The number of halogens is 1. The Morgan fingerprint density at radius 1 is 0.833 bits per heavy atom. The normalized spacial score (nSPS) is 10.9. The SMILES string of the molecule is C/C(CC(=O)Nc1ccc(Nc2ccccc2)cc1)=N\NC(=O)c1ccccc1Cl. The number of rotatable bonds is 7. The largest absolute Gasteiger partial charge is 0.356 e. The third-order valence-corrected chi connectivity index (χ3v) is 4.44. The highest BCUT2D eigenvalue weighted by Crippen LogP contribution is 2.19. The maximum Gasteiger partial charge on any atom is 0.272 e. The van der Waals surface area contributed by atoms with Crippen molar-refractivity contribution < 1.29 is 9.59 Å². The van der Waals surface area contributed by atoms with Crippen LogP contribution in [0.3, 0.4) is 0 Å². The van der Waals surface area contributed by atoms with Gasteiger partial charge in [-0.05, 0) is 55.5 Å². The summed E-state index contributed by atoms with van der Waals surface area (Å²) in [5.41, 5.74) is 5.78. The fraction of sp³-hybridized carbons (Fsp3) is 0.0870. The molecular formula is C23H21ClN4O2. The molecule has 0 aliphatic rings. The number of hydrogen-bond acceptors (Lipinski definition) is 4. The van der Waals surface area contributed by atoms with Crippen molar-refractivity contribution in [3.8, 4) is 0 Å². The van der Waals surface area contributed by atoms with E-state index in [2.05, 4.69) is 21.2 Å². The minimum absolute atomic E-state index is 0.0484. The van der Waals surface area contributed by atoms with E-state index in [-0.39, 0.29) is 12.3 Å². The van der Waals surface area contributed by atoms with Gasteiger partial charge >= 0.3 is 0 Å². The first-order chi connectivity index (χ1) is 14.5. The van der Waals surface area contributed by atoms with E-state index in [4.69, 9.17) is 11.6 Å². The van der Waals surface area contributed by atoms with Gasteiger partial charge in [0.05, 0.1) is 17.0 Å². The maximum absolute atomic E-state index is 12.2. The molecule has 152 valence electrons. The van der Waals surface area contributed by atoms with Gasteiger partial charge in [0.25, 0.3) is 5.91 Å². The van der Waals surface area contributed by atoms with Crippen LogP contribution in [0.25, 0.3) is 0 Å². The van der Waals surface area contributed by atoms with Gasteiger partial charge in [-0.2, -0.15) is 5.10 Å². The van der Waals surface area contributed by atoms with Crippen LogP contribution in [0.1, 0.15) is 23.7 Å². The maximum atomic E-state index is 12.2. The molecule has 3 N–H and O–H groups in total. The van der Waals surface area contributed by atoms with Crippen molar-refractivity contribution in [3.63, 3.8) is 0 Å². The zero-order valence-electron chi connectivity index (χ0n) is 16.4. The lowest BCUT2D eigenvalue weighted by Crippen LogP contribution is -2.21. The molecule has 0 aliphatic heterocycles. The molecular weight excluding hydrogens is 400 g/mol. The molecule has 0 saturated carbocycles. The number of hydrogen-bond donors (Lipinski definition) is 3. The zero-order valence-corrected chi connectivity index (χ0v) is 17.1. The Balaban J connectivity index is 1.50. The highest BCUT2D eigenvalue weighted by atomic mass is 35.5. The molecule has 0 unspecified atom stereocenters. The summed E-state index contributed by atoms with van der Waals surface area (Å²) in [5, 5.41) is 10.4. The summed E-state index contributed by atoms with van der Waals surface area (Å²) < 4.78 is 0. The van der Waals surface area contributed by atoms with Gasteiger partial charge in [0.15, 0.2) is 0 Å². The third-order valence-electron chi connectivity index (χ3n) is 4.11. The minimum Gasteiger partial charge on any atom is -0.356 e. The summed E-state index contributed by atoms with van der Waals surface area (Å²) in [7, 11) is 0. The van der Waals surface area contributed by atoms with E-state index in [0.717, 1.165) is 11.4 Å². The van der Waals surface area contributed by atoms with Crippen molar-refractivity contribution in [3.05, 3.63) is 89.4 Å². The molecule has 3 aromatic carbocycles. The molecule has 0 aromatic heterocycles. The van der Waals surface area contributed by atoms with Crippen LogP contribution < -0.4 is 16.1 Å². The van der Waals surface area contributed by atoms with E-state index in [0.29, 0.717) is 22.0 Å². The fourth-order valence-electron chi connectivity index (χ4n) is 2.65. The highest BCUT2D eigenvalue weighted by molar-refractivity contribution is 6.33. The highest BCUT2D eigenvalue weighted by Gasteiger charge is 2.09. The van der Waals surface area contributed by atoms with Crippen molar-refractivity contribution in [2.45, 2.75) is 13.3 Å². The van der Waals surface area contributed by atoms with Crippen molar-refractivity contribution in [2.24, 2.45) is 5.10 Å². The summed E-state index contributed by atoms with van der Waals surface area (Å²) in [5.74, 6) is -0.658. The summed E-state index contributed by atoms with van der Waals surface area (Å²) in [6.07, 6.45) is 0.0484. The number of carbonyl (C=O) groups is 2. The van der Waals surface area contributed by atoms with Crippen LogP contribution in [0.15, 0.2) is 84.0 Å². The van der Waals surface area contributed by atoms with Crippen LogP contribution >= 0.6 is 11.6 Å². The summed E-state index contributed by atoms with van der Waals surface area (Å²) >= 11 is 5.99. The van der Waals surface area contributed by atoms with E-state index in [1.807, 2.05) is 54.6 Å². The van der Waals surface area contributed by atoms with Gasteiger partial charge in [-0.3, -0.25) is 9.59 Å². The minimum atomic E-state index is -0.429. The number of nitrogens with one attached hydrogen (secondary N) is 3. The standard InChI is InChI=1S/C23H21ClN4O2/c1-16(27-28-23(30)20-9-5-6-10-21(20)24)15-22(29)26-19-13-11-18(12-14-19)25-17-7-3-2-4-8-17/h2-14,25H,15H2,1H3,(H,26,29)(H,28,30)/b27-16+. The van der Waals surface area contributed by atoms with Gasteiger partial charge in [-0.1, -0.05) is 41.9 Å². The van der Waals surface area contributed by atoms with E-state index in [1.165, 1.54) is 0 Å². The Bertz CT molecular complexity index is 1050. The Kier molecular flexibility index (Phi) is 7.19. The molecule has 2 amide bonds. The molecule has 0 aliphatic carbocycles. The molecule has 0 bridgehead atoms. The number of hydrazone groups is 1. The van der Waals surface area contributed by atoms with Crippen molar-refractivity contribution in [1.29, 1.82) is 0 Å². The molecule has 0 saturated heterocycles. The van der Waals surface area contributed by atoms with E-state index in [1.54, 1.807) is 31.2 Å². The first-order valence-corrected chi connectivity index (χ1v) is 9.69. The quantitative estimate of drug-likeness (QED) is 0.362. The predicted molar refractivity (Wildman–Crippen MR) is 121 cm³/mol. The lowest BCUT2D eigenvalue weighted by Gasteiger charge is -2.09.